The van der Waals surface area contributed by atoms with Gasteiger partial charge in [0.25, 0.3) is 0 Å². The highest BCUT2D eigenvalue weighted by Crippen LogP contribution is 2.32. The van der Waals surface area contributed by atoms with Gasteiger partial charge in [0.15, 0.2) is 0 Å². The fourth-order valence-electron chi connectivity index (χ4n) is 2.99. The Morgan fingerprint density at radius 3 is 2.43 bits per heavy atom. The van der Waals surface area contributed by atoms with Gasteiger partial charge >= 0.3 is 6.18 Å². The third-order valence-corrected chi connectivity index (χ3v) is 4.91. The van der Waals surface area contributed by atoms with E-state index in [1.54, 1.807) is 17.3 Å². The van der Waals surface area contributed by atoms with E-state index in [4.69, 9.17) is 11.6 Å². The number of hydrogen-bond acceptors (Lipinski definition) is 3. The molecule has 1 amide bonds. The summed E-state index contributed by atoms with van der Waals surface area (Å²) in [5.74, 6) is -0.239. The molecule has 1 fully saturated rings. The molecule has 1 aliphatic heterocycles. The summed E-state index contributed by atoms with van der Waals surface area (Å²) in [6.07, 6.45) is 1.66. The minimum absolute atomic E-state index is 0.166. The summed E-state index contributed by atoms with van der Waals surface area (Å²) in [6.45, 7) is 3.37. The van der Waals surface area contributed by atoms with E-state index in [-0.39, 0.29) is 16.5 Å². The molecule has 1 aromatic carbocycles. The van der Waals surface area contributed by atoms with Crippen LogP contribution >= 0.6 is 11.6 Å². The Labute approximate surface area is 166 Å². The number of aromatic nitrogens is 1. The van der Waals surface area contributed by atoms with E-state index in [0.717, 1.165) is 37.3 Å². The highest BCUT2D eigenvalue weighted by Gasteiger charge is 2.30. The number of alkyl halides is 3. The van der Waals surface area contributed by atoms with Gasteiger partial charge in [0, 0.05) is 56.2 Å². The van der Waals surface area contributed by atoms with Gasteiger partial charge in [-0.1, -0.05) is 11.6 Å². The highest BCUT2D eigenvalue weighted by atomic mass is 35.5. The average Bonchev–Trinajstić information content (AvgIpc) is 2.67. The van der Waals surface area contributed by atoms with Crippen LogP contribution in [-0.4, -0.2) is 46.9 Å². The summed E-state index contributed by atoms with van der Waals surface area (Å²) in [4.78, 5) is 20.3. The quantitative estimate of drug-likeness (QED) is 0.713. The van der Waals surface area contributed by atoms with Crippen LogP contribution in [0.1, 0.15) is 16.7 Å². The average molecular weight is 410 g/mol. The van der Waals surface area contributed by atoms with Crippen molar-refractivity contribution in [3.8, 4) is 0 Å². The maximum Gasteiger partial charge on any atom is 0.416 e. The maximum absolute atomic E-state index is 12.8. The third-order valence-electron chi connectivity index (χ3n) is 4.57. The lowest BCUT2D eigenvalue weighted by atomic mass is 10.1. The fourth-order valence-corrected chi connectivity index (χ4v) is 3.17. The maximum atomic E-state index is 12.8. The molecule has 4 nitrogen and oxygen atoms in total. The first kappa shape index (κ1) is 20.4. The number of halogens is 4. The molecule has 1 aromatic heterocycles. The van der Waals surface area contributed by atoms with E-state index in [1.807, 2.05) is 12.1 Å². The fraction of sp³-hybridized carbons (Fsp3) is 0.300. The van der Waals surface area contributed by atoms with E-state index in [0.29, 0.717) is 13.1 Å². The van der Waals surface area contributed by atoms with Crippen LogP contribution in [0.3, 0.4) is 0 Å². The standard InChI is InChI=1S/C20H19ClF3N3O/c21-18-3-2-17(20(22,23)24)13-16(18)1-4-19(28)27-11-9-26(10-12-27)14-15-5-7-25-8-6-15/h1-8,13H,9-12,14H2/b4-1+. The molecule has 0 atom stereocenters. The second kappa shape index (κ2) is 8.75. The largest absolute Gasteiger partial charge is 0.416 e. The Morgan fingerprint density at radius 1 is 1.11 bits per heavy atom. The SMILES string of the molecule is O=C(/C=C/c1cc(C(F)(F)F)ccc1Cl)N1CCN(Cc2ccncc2)CC1. The summed E-state index contributed by atoms with van der Waals surface area (Å²) in [5.41, 5.74) is 0.531. The predicted molar refractivity (Wildman–Crippen MR) is 102 cm³/mol. The molecular weight excluding hydrogens is 391 g/mol. The summed E-state index contributed by atoms with van der Waals surface area (Å²) in [5, 5.41) is 0.166. The molecule has 1 aliphatic rings. The molecule has 1 saturated heterocycles. The lowest BCUT2D eigenvalue weighted by molar-refractivity contribution is -0.137. The minimum Gasteiger partial charge on any atom is -0.337 e. The van der Waals surface area contributed by atoms with Crippen molar-refractivity contribution in [2.24, 2.45) is 0 Å². The zero-order valence-electron chi connectivity index (χ0n) is 15.0. The van der Waals surface area contributed by atoms with Crippen molar-refractivity contribution in [3.63, 3.8) is 0 Å². The van der Waals surface area contributed by atoms with E-state index in [1.165, 1.54) is 18.2 Å². The number of carbonyl (C=O) groups excluding carboxylic acids is 1. The van der Waals surface area contributed by atoms with Gasteiger partial charge in [-0.2, -0.15) is 13.2 Å². The van der Waals surface area contributed by atoms with Gasteiger partial charge in [-0.15, -0.1) is 0 Å². The molecule has 0 radical (unpaired) electrons. The summed E-state index contributed by atoms with van der Waals surface area (Å²) in [7, 11) is 0. The van der Waals surface area contributed by atoms with Crippen molar-refractivity contribution >= 4 is 23.6 Å². The topological polar surface area (TPSA) is 36.4 Å². The van der Waals surface area contributed by atoms with Gasteiger partial charge in [0.1, 0.15) is 0 Å². The predicted octanol–water partition coefficient (Wildman–Crippen LogP) is 4.11. The number of rotatable bonds is 4. The van der Waals surface area contributed by atoms with Crippen LogP contribution in [0.5, 0.6) is 0 Å². The molecule has 2 aromatic rings. The highest BCUT2D eigenvalue weighted by molar-refractivity contribution is 6.32. The van der Waals surface area contributed by atoms with Crippen molar-refractivity contribution in [2.45, 2.75) is 12.7 Å². The molecule has 2 heterocycles. The van der Waals surface area contributed by atoms with Crippen molar-refractivity contribution in [3.05, 3.63) is 70.5 Å². The lowest BCUT2D eigenvalue weighted by Crippen LogP contribution is -2.47. The lowest BCUT2D eigenvalue weighted by Gasteiger charge is -2.34. The monoisotopic (exact) mass is 409 g/mol. The van der Waals surface area contributed by atoms with Gasteiger partial charge in [0.2, 0.25) is 5.91 Å². The molecule has 0 spiro atoms. The van der Waals surface area contributed by atoms with E-state index in [9.17, 15) is 18.0 Å². The Morgan fingerprint density at radius 2 is 1.79 bits per heavy atom. The number of piperazine rings is 1. The molecule has 8 heteroatoms. The molecule has 148 valence electrons. The van der Waals surface area contributed by atoms with E-state index >= 15 is 0 Å². The first-order valence-electron chi connectivity index (χ1n) is 8.78. The molecule has 3 rings (SSSR count). The normalized spacial score (nSPS) is 15.9. The number of nitrogens with zero attached hydrogens (tertiary/aromatic N) is 3. The number of pyridine rings is 1. The third kappa shape index (κ3) is 5.33. The van der Waals surface area contributed by atoms with Crippen molar-refractivity contribution in [1.29, 1.82) is 0 Å². The second-order valence-electron chi connectivity index (χ2n) is 6.52. The van der Waals surface area contributed by atoms with Crippen molar-refractivity contribution in [2.75, 3.05) is 26.2 Å². The van der Waals surface area contributed by atoms with Crippen LogP contribution in [-0.2, 0) is 17.5 Å². The van der Waals surface area contributed by atoms with Gasteiger partial charge in [0.05, 0.1) is 5.56 Å². The molecule has 0 unspecified atom stereocenters. The minimum atomic E-state index is -4.46. The van der Waals surface area contributed by atoms with Crippen LogP contribution < -0.4 is 0 Å². The van der Waals surface area contributed by atoms with Crippen LogP contribution in [0.4, 0.5) is 13.2 Å². The summed E-state index contributed by atoms with van der Waals surface area (Å²) >= 11 is 5.96. The van der Waals surface area contributed by atoms with Crippen LogP contribution in [0.25, 0.3) is 6.08 Å². The van der Waals surface area contributed by atoms with E-state index in [2.05, 4.69) is 9.88 Å². The van der Waals surface area contributed by atoms with Crippen molar-refractivity contribution < 1.29 is 18.0 Å². The number of benzene rings is 1. The molecule has 0 aliphatic carbocycles. The Kier molecular flexibility index (Phi) is 6.36. The number of carbonyl (C=O) groups is 1. The Balaban J connectivity index is 1.57. The molecule has 0 bridgehead atoms. The Hall–Kier alpha value is -2.38. The molecule has 0 N–H and O–H groups in total. The molecule has 28 heavy (non-hydrogen) atoms. The summed E-state index contributed by atoms with van der Waals surface area (Å²) in [6, 6.07) is 6.97. The van der Waals surface area contributed by atoms with Crippen molar-refractivity contribution in [1.82, 2.24) is 14.8 Å². The second-order valence-corrected chi connectivity index (χ2v) is 6.93. The molecule has 0 saturated carbocycles. The smallest absolute Gasteiger partial charge is 0.337 e. The first-order valence-corrected chi connectivity index (χ1v) is 9.16. The van der Waals surface area contributed by atoms with Crippen LogP contribution in [0, 0.1) is 0 Å². The zero-order chi connectivity index (χ0) is 20.1. The first-order chi connectivity index (χ1) is 13.3. The van der Waals surface area contributed by atoms with Gasteiger partial charge in [-0.3, -0.25) is 14.7 Å². The zero-order valence-corrected chi connectivity index (χ0v) is 15.7. The molecular formula is C20H19ClF3N3O. The van der Waals surface area contributed by atoms with Gasteiger partial charge in [-0.05, 0) is 47.5 Å². The summed E-state index contributed by atoms with van der Waals surface area (Å²) < 4.78 is 38.5. The van der Waals surface area contributed by atoms with Crippen LogP contribution in [0.15, 0.2) is 48.8 Å². The Bertz CT molecular complexity index is 848. The van der Waals surface area contributed by atoms with E-state index < -0.39 is 11.7 Å². The van der Waals surface area contributed by atoms with Crippen LogP contribution in [0.2, 0.25) is 5.02 Å². The number of hydrogen-bond donors (Lipinski definition) is 0. The van der Waals surface area contributed by atoms with Gasteiger partial charge in [-0.25, -0.2) is 0 Å². The number of amides is 1. The van der Waals surface area contributed by atoms with Gasteiger partial charge < -0.3 is 4.90 Å².